The second-order valence-corrected chi connectivity index (χ2v) is 5.76. The molecule has 2 aromatic carbocycles. The van der Waals surface area contributed by atoms with Gasteiger partial charge in [0.05, 0.1) is 10.4 Å². The fourth-order valence-electron chi connectivity index (χ4n) is 2.49. The van der Waals surface area contributed by atoms with Crippen LogP contribution in [0.3, 0.4) is 0 Å². The van der Waals surface area contributed by atoms with Gasteiger partial charge < -0.3 is 10.6 Å². The average molecular weight is 321 g/mol. The Morgan fingerprint density at radius 3 is 2.71 bits per heavy atom. The van der Waals surface area contributed by atoms with E-state index in [1.54, 1.807) is 12.1 Å². The van der Waals surface area contributed by atoms with Crippen LogP contribution in [-0.2, 0) is 0 Å². The van der Waals surface area contributed by atoms with Crippen molar-refractivity contribution in [1.82, 2.24) is 9.97 Å². The van der Waals surface area contributed by atoms with Crippen LogP contribution in [0.5, 0.6) is 0 Å². The zero-order chi connectivity index (χ0) is 16.5. The minimum Gasteiger partial charge on any atom is -0.367 e. The molecule has 0 amide bonds. The van der Waals surface area contributed by atoms with Crippen molar-refractivity contribution >= 4 is 34.0 Å². The summed E-state index contributed by atoms with van der Waals surface area (Å²) in [6.07, 6.45) is 2.29. The molecule has 4 rings (SSSR count). The van der Waals surface area contributed by atoms with Gasteiger partial charge in [-0.05, 0) is 31.0 Å². The standard InChI is InChI=1S/C17H15N5O2/c23-22(24)13-5-3-4-12(10-13)19-17-20-15-7-2-1-6-14(15)16(21-17)18-11-8-9-11/h1-7,10-11H,8-9H2,(H2,18,19,20,21). The molecular weight excluding hydrogens is 306 g/mol. The first-order valence-electron chi connectivity index (χ1n) is 7.74. The topological polar surface area (TPSA) is 93.0 Å². The Kier molecular flexibility index (Phi) is 3.45. The van der Waals surface area contributed by atoms with Crippen LogP contribution in [0.1, 0.15) is 12.8 Å². The van der Waals surface area contributed by atoms with Crippen molar-refractivity contribution in [3.63, 3.8) is 0 Å². The van der Waals surface area contributed by atoms with Crippen molar-refractivity contribution < 1.29 is 4.92 Å². The van der Waals surface area contributed by atoms with E-state index in [1.165, 1.54) is 12.1 Å². The fourth-order valence-corrected chi connectivity index (χ4v) is 2.49. The minimum absolute atomic E-state index is 0.0251. The van der Waals surface area contributed by atoms with Crippen molar-refractivity contribution in [1.29, 1.82) is 0 Å². The monoisotopic (exact) mass is 321 g/mol. The Bertz CT molecular complexity index is 924. The Morgan fingerprint density at radius 2 is 1.92 bits per heavy atom. The number of nitro groups is 1. The maximum Gasteiger partial charge on any atom is 0.271 e. The number of anilines is 3. The number of para-hydroxylation sites is 1. The summed E-state index contributed by atoms with van der Waals surface area (Å²) in [6, 6.07) is 14.5. The highest BCUT2D eigenvalue weighted by atomic mass is 16.6. The number of hydrogen-bond acceptors (Lipinski definition) is 6. The molecule has 1 fully saturated rings. The summed E-state index contributed by atoms with van der Waals surface area (Å²) >= 11 is 0. The van der Waals surface area contributed by atoms with Crippen molar-refractivity contribution in [2.75, 3.05) is 10.6 Å². The van der Waals surface area contributed by atoms with Crippen LogP contribution in [0, 0.1) is 10.1 Å². The molecule has 120 valence electrons. The highest BCUT2D eigenvalue weighted by Gasteiger charge is 2.22. The highest BCUT2D eigenvalue weighted by Crippen LogP contribution is 2.29. The number of hydrogen-bond donors (Lipinski definition) is 2. The van der Waals surface area contributed by atoms with Gasteiger partial charge in [-0.3, -0.25) is 10.1 Å². The van der Waals surface area contributed by atoms with E-state index in [-0.39, 0.29) is 5.69 Å². The lowest BCUT2D eigenvalue weighted by Gasteiger charge is -2.11. The largest absolute Gasteiger partial charge is 0.367 e. The van der Waals surface area contributed by atoms with E-state index >= 15 is 0 Å². The maximum atomic E-state index is 10.9. The molecule has 1 aromatic heterocycles. The smallest absolute Gasteiger partial charge is 0.271 e. The van der Waals surface area contributed by atoms with Crippen molar-refractivity contribution in [2.24, 2.45) is 0 Å². The predicted molar refractivity (Wildman–Crippen MR) is 92.6 cm³/mol. The van der Waals surface area contributed by atoms with E-state index in [0.29, 0.717) is 17.7 Å². The van der Waals surface area contributed by atoms with Gasteiger partial charge in [0.15, 0.2) is 0 Å². The van der Waals surface area contributed by atoms with E-state index < -0.39 is 4.92 Å². The molecule has 1 saturated carbocycles. The van der Waals surface area contributed by atoms with Gasteiger partial charge in [-0.15, -0.1) is 0 Å². The lowest BCUT2D eigenvalue weighted by Crippen LogP contribution is -2.07. The first-order chi connectivity index (χ1) is 11.7. The van der Waals surface area contributed by atoms with E-state index in [2.05, 4.69) is 20.6 Å². The van der Waals surface area contributed by atoms with Crippen molar-refractivity contribution in [3.8, 4) is 0 Å². The molecule has 2 N–H and O–H groups in total. The van der Waals surface area contributed by atoms with Gasteiger partial charge in [0.2, 0.25) is 5.95 Å². The molecule has 1 aliphatic carbocycles. The van der Waals surface area contributed by atoms with Gasteiger partial charge in [-0.2, -0.15) is 4.98 Å². The normalized spacial score (nSPS) is 13.7. The summed E-state index contributed by atoms with van der Waals surface area (Å²) in [4.78, 5) is 19.5. The molecule has 0 radical (unpaired) electrons. The third-order valence-electron chi connectivity index (χ3n) is 3.83. The first kappa shape index (κ1) is 14.4. The lowest BCUT2D eigenvalue weighted by atomic mass is 10.2. The second-order valence-electron chi connectivity index (χ2n) is 5.76. The lowest BCUT2D eigenvalue weighted by molar-refractivity contribution is -0.384. The number of rotatable bonds is 5. The van der Waals surface area contributed by atoms with Crippen LogP contribution < -0.4 is 10.6 Å². The molecule has 0 aliphatic heterocycles. The molecule has 1 heterocycles. The Labute approximate surface area is 137 Å². The zero-order valence-corrected chi connectivity index (χ0v) is 12.8. The fraction of sp³-hybridized carbons (Fsp3) is 0.176. The Morgan fingerprint density at radius 1 is 1.08 bits per heavy atom. The molecule has 7 heteroatoms. The minimum atomic E-state index is -0.424. The van der Waals surface area contributed by atoms with E-state index in [1.807, 2.05) is 24.3 Å². The van der Waals surface area contributed by atoms with Crippen molar-refractivity contribution in [2.45, 2.75) is 18.9 Å². The van der Waals surface area contributed by atoms with E-state index in [0.717, 1.165) is 29.6 Å². The average Bonchev–Trinajstić information content (AvgIpc) is 3.39. The van der Waals surface area contributed by atoms with Crippen molar-refractivity contribution in [3.05, 3.63) is 58.6 Å². The molecule has 0 atom stereocenters. The highest BCUT2D eigenvalue weighted by molar-refractivity contribution is 5.90. The van der Waals surface area contributed by atoms with Gasteiger partial charge in [0.1, 0.15) is 5.82 Å². The Balaban J connectivity index is 1.71. The summed E-state index contributed by atoms with van der Waals surface area (Å²) in [7, 11) is 0. The number of nitrogens with zero attached hydrogens (tertiary/aromatic N) is 3. The Hall–Kier alpha value is -3.22. The van der Waals surface area contributed by atoms with E-state index in [4.69, 9.17) is 0 Å². The molecule has 24 heavy (non-hydrogen) atoms. The zero-order valence-electron chi connectivity index (χ0n) is 12.8. The van der Waals surface area contributed by atoms with Crippen LogP contribution in [0.15, 0.2) is 48.5 Å². The second kappa shape index (κ2) is 5.77. The predicted octanol–water partition coefficient (Wildman–Crippen LogP) is 3.86. The molecule has 1 aliphatic rings. The summed E-state index contributed by atoms with van der Waals surface area (Å²) in [5.74, 6) is 1.20. The van der Waals surface area contributed by atoms with Crippen LogP contribution in [0.25, 0.3) is 10.9 Å². The van der Waals surface area contributed by atoms with Gasteiger partial charge in [0, 0.05) is 29.2 Å². The molecule has 0 unspecified atom stereocenters. The molecule has 3 aromatic rings. The van der Waals surface area contributed by atoms with E-state index in [9.17, 15) is 10.1 Å². The summed E-state index contributed by atoms with van der Waals surface area (Å²) in [5.41, 5.74) is 1.43. The number of aromatic nitrogens is 2. The number of nitro benzene ring substituents is 1. The first-order valence-corrected chi connectivity index (χ1v) is 7.74. The van der Waals surface area contributed by atoms with Crippen LogP contribution >= 0.6 is 0 Å². The number of fused-ring (bicyclic) bond motifs is 1. The van der Waals surface area contributed by atoms with Crippen LogP contribution in [0.2, 0.25) is 0 Å². The summed E-state index contributed by atoms with van der Waals surface area (Å²) in [5, 5.41) is 18.3. The maximum absolute atomic E-state index is 10.9. The number of benzene rings is 2. The van der Waals surface area contributed by atoms with Crippen LogP contribution in [-0.4, -0.2) is 20.9 Å². The van der Waals surface area contributed by atoms with Gasteiger partial charge >= 0.3 is 0 Å². The number of nitrogens with one attached hydrogen (secondary N) is 2. The van der Waals surface area contributed by atoms with Gasteiger partial charge in [0.25, 0.3) is 5.69 Å². The molecule has 0 bridgehead atoms. The molecule has 0 spiro atoms. The number of non-ortho nitro benzene ring substituents is 1. The molecular formula is C17H15N5O2. The van der Waals surface area contributed by atoms with Gasteiger partial charge in [-0.1, -0.05) is 18.2 Å². The van der Waals surface area contributed by atoms with Crippen LogP contribution in [0.4, 0.5) is 23.1 Å². The molecule has 7 nitrogen and oxygen atoms in total. The SMILES string of the molecule is O=[N+]([O-])c1cccc(Nc2nc(NC3CC3)c3ccccc3n2)c1. The molecule has 0 saturated heterocycles. The quantitative estimate of drug-likeness (QED) is 0.547. The summed E-state index contributed by atoms with van der Waals surface area (Å²) in [6.45, 7) is 0. The third-order valence-corrected chi connectivity index (χ3v) is 3.83. The summed E-state index contributed by atoms with van der Waals surface area (Å²) < 4.78 is 0. The third kappa shape index (κ3) is 2.96. The van der Waals surface area contributed by atoms with Gasteiger partial charge in [-0.25, -0.2) is 4.98 Å².